The summed E-state index contributed by atoms with van der Waals surface area (Å²) in [6, 6.07) is 1.92. The molecule has 0 radical (unpaired) electrons. The summed E-state index contributed by atoms with van der Waals surface area (Å²) in [6.45, 7) is 4.16. The van der Waals surface area contributed by atoms with Crippen LogP contribution in [0.4, 0.5) is 0 Å². The van der Waals surface area contributed by atoms with Crippen LogP contribution in [0.25, 0.3) is 11.0 Å². The van der Waals surface area contributed by atoms with Crippen LogP contribution in [0.3, 0.4) is 0 Å². The summed E-state index contributed by atoms with van der Waals surface area (Å²) >= 11 is 0. The molecule has 2 heterocycles. The molecule has 0 amide bonds. The maximum absolute atomic E-state index is 13.1. The molecule has 0 bridgehead atoms. The van der Waals surface area contributed by atoms with Gasteiger partial charge in [-0.25, -0.2) is 4.79 Å². The molecule has 4 nitrogen and oxygen atoms in total. The second-order valence-electron chi connectivity index (χ2n) is 8.54. The van der Waals surface area contributed by atoms with E-state index in [9.17, 15) is 9.59 Å². The molecule has 2 unspecified atom stereocenters. The van der Waals surface area contributed by atoms with Crippen molar-refractivity contribution in [2.24, 2.45) is 5.92 Å². The van der Waals surface area contributed by atoms with E-state index >= 15 is 0 Å². The average molecular weight is 352 g/mol. The molecule has 0 saturated heterocycles. The fraction of sp³-hybridized carbons (Fsp3) is 0.545. The molecule has 4 heteroatoms. The van der Waals surface area contributed by atoms with Crippen LogP contribution in [0.2, 0.25) is 0 Å². The molecule has 26 heavy (non-hydrogen) atoms. The van der Waals surface area contributed by atoms with Gasteiger partial charge in [0.2, 0.25) is 0 Å². The van der Waals surface area contributed by atoms with Gasteiger partial charge >= 0.3 is 5.63 Å². The Hall–Kier alpha value is -2.10. The van der Waals surface area contributed by atoms with E-state index in [0.29, 0.717) is 29.2 Å². The van der Waals surface area contributed by atoms with E-state index < -0.39 is 0 Å². The van der Waals surface area contributed by atoms with Crippen LogP contribution in [0.1, 0.15) is 72.5 Å². The monoisotopic (exact) mass is 352 g/mol. The first-order valence-corrected chi connectivity index (χ1v) is 9.82. The van der Waals surface area contributed by atoms with Gasteiger partial charge in [-0.2, -0.15) is 0 Å². The van der Waals surface area contributed by atoms with Crippen LogP contribution < -0.4 is 10.4 Å². The summed E-state index contributed by atoms with van der Waals surface area (Å²) in [6.07, 6.45) is 7.23. The number of carbonyl (C=O) groups excluding carboxylic acids is 1. The fourth-order valence-electron chi connectivity index (χ4n) is 5.40. The van der Waals surface area contributed by atoms with Gasteiger partial charge < -0.3 is 9.15 Å². The van der Waals surface area contributed by atoms with E-state index in [1.165, 1.54) is 6.42 Å². The third kappa shape index (κ3) is 2.20. The Morgan fingerprint density at radius 3 is 2.77 bits per heavy atom. The minimum absolute atomic E-state index is 0.170. The molecule has 1 spiro atoms. The van der Waals surface area contributed by atoms with E-state index in [-0.39, 0.29) is 17.0 Å². The van der Waals surface area contributed by atoms with E-state index in [1.807, 2.05) is 13.0 Å². The molecule has 2 aromatic rings. The smallest absolute Gasteiger partial charge is 0.339 e. The number of Topliss-reactive ketones (excluding diaryl/α,β-unsaturated/α-hetero) is 1. The van der Waals surface area contributed by atoms with E-state index in [1.54, 1.807) is 0 Å². The highest BCUT2D eigenvalue weighted by Gasteiger charge is 2.44. The third-order valence-electron chi connectivity index (χ3n) is 6.59. The van der Waals surface area contributed by atoms with Crippen molar-refractivity contribution in [3.8, 4) is 5.75 Å². The van der Waals surface area contributed by atoms with E-state index in [4.69, 9.17) is 9.15 Å². The lowest BCUT2D eigenvalue weighted by atomic mass is 9.74. The molecule has 2 aliphatic carbocycles. The van der Waals surface area contributed by atoms with Crippen molar-refractivity contribution >= 4 is 16.8 Å². The fourth-order valence-corrected chi connectivity index (χ4v) is 5.40. The van der Waals surface area contributed by atoms with Gasteiger partial charge in [0.25, 0.3) is 0 Å². The maximum atomic E-state index is 13.1. The normalized spacial score (nSPS) is 27.5. The third-order valence-corrected chi connectivity index (χ3v) is 6.59. The standard InChI is InChI=1S/C22H24O4/c1-12-5-4-8-22(10-12)11-18(23)17-9-16-14-6-3-7-15(14)21(24)25-19(16)13(2)20(17)26-22/h9,12H,3-8,10-11H2,1-2H3. The molecule has 1 aliphatic heterocycles. The number of ether oxygens (including phenoxy) is 1. The first-order chi connectivity index (χ1) is 12.5. The number of rotatable bonds is 0. The topological polar surface area (TPSA) is 56.5 Å². The van der Waals surface area contributed by atoms with Crippen molar-refractivity contribution in [2.45, 2.75) is 70.8 Å². The molecule has 136 valence electrons. The SMILES string of the molecule is Cc1c2c(cc3c4c(c(=O)oc13)CCC4)C(=O)CC1(CCCC(C)C1)O2. The molecule has 3 aliphatic rings. The lowest BCUT2D eigenvalue weighted by Crippen LogP contribution is -2.45. The van der Waals surface area contributed by atoms with E-state index in [2.05, 4.69) is 6.92 Å². The van der Waals surface area contributed by atoms with Gasteiger partial charge in [-0.15, -0.1) is 0 Å². The summed E-state index contributed by atoms with van der Waals surface area (Å²) in [5, 5.41) is 0.929. The highest BCUT2D eigenvalue weighted by atomic mass is 16.5. The maximum Gasteiger partial charge on any atom is 0.339 e. The Morgan fingerprint density at radius 1 is 1.15 bits per heavy atom. The van der Waals surface area contributed by atoms with Crippen LogP contribution in [0, 0.1) is 12.8 Å². The molecule has 2 atom stereocenters. The molecular formula is C22H24O4. The van der Waals surface area contributed by atoms with Crippen LogP contribution >= 0.6 is 0 Å². The number of benzene rings is 1. The Labute approximate surface area is 152 Å². The van der Waals surface area contributed by atoms with Gasteiger partial charge in [0, 0.05) is 16.5 Å². The largest absolute Gasteiger partial charge is 0.486 e. The molecule has 1 fully saturated rings. The van der Waals surface area contributed by atoms with Crippen molar-refractivity contribution < 1.29 is 13.9 Å². The van der Waals surface area contributed by atoms with Crippen molar-refractivity contribution in [1.29, 1.82) is 0 Å². The minimum Gasteiger partial charge on any atom is -0.486 e. The lowest BCUT2D eigenvalue weighted by Gasteiger charge is -2.43. The first kappa shape index (κ1) is 16.1. The van der Waals surface area contributed by atoms with Gasteiger partial charge in [-0.3, -0.25) is 4.79 Å². The number of hydrogen-bond donors (Lipinski definition) is 0. The number of aryl methyl sites for hydroxylation is 2. The van der Waals surface area contributed by atoms with Crippen molar-refractivity contribution in [1.82, 2.24) is 0 Å². The first-order valence-electron chi connectivity index (χ1n) is 9.82. The van der Waals surface area contributed by atoms with Crippen LogP contribution in [0.15, 0.2) is 15.3 Å². The molecular weight excluding hydrogens is 328 g/mol. The van der Waals surface area contributed by atoms with Gasteiger partial charge in [0.1, 0.15) is 16.9 Å². The molecule has 5 rings (SSSR count). The highest BCUT2D eigenvalue weighted by Crippen LogP contribution is 2.46. The zero-order valence-corrected chi connectivity index (χ0v) is 15.4. The number of ketones is 1. The second kappa shape index (κ2) is 5.45. The van der Waals surface area contributed by atoms with E-state index in [0.717, 1.165) is 60.6 Å². The van der Waals surface area contributed by atoms with Crippen molar-refractivity contribution in [3.63, 3.8) is 0 Å². The lowest BCUT2D eigenvalue weighted by molar-refractivity contribution is -0.00127. The molecule has 1 saturated carbocycles. The zero-order valence-electron chi connectivity index (χ0n) is 15.4. The Bertz CT molecular complexity index is 1000. The highest BCUT2D eigenvalue weighted by molar-refractivity contribution is 6.05. The zero-order chi connectivity index (χ0) is 18.1. The summed E-state index contributed by atoms with van der Waals surface area (Å²) in [4.78, 5) is 25.4. The summed E-state index contributed by atoms with van der Waals surface area (Å²) in [5.74, 6) is 1.38. The second-order valence-corrected chi connectivity index (χ2v) is 8.54. The Balaban J connectivity index is 1.72. The minimum atomic E-state index is -0.378. The summed E-state index contributed by atoms with van der Waals surface area (Å²) in [7, 11) is 0. The van der Waals surface area contributed by atoms with Crippen LogP contribution in [-0.4, -0.2) is 11.4 Å². The number of carbonyl (C=O) groups is 1. The molecule has 1 aromatic carbocycles. The van der Waals surface area contributed by atoms with Crippen LogP contribution in [-0.2, 0) is 12.8 Å². The molecule has 1 aromatic heterocycles. The number of hydrogen-bond acceptors (Lipinski definition) is 4. The Kier molecular flexibility index (Phi) is 3.37. The number of fused-ring (bicyclic) bond motifs is 4. The van der Waals surface area contributed by atoms with Gasteiger partial charge in [-0.05, 0) is 63.0 Å². The predicted molar refractivity (Wildman–Crippen MR) is 99.2 cm³/mol. The van der Waals surface area contributed by atoms with Gasteiger partial charge in [-0.1, -0.05) is 13.3 Å². The van der Waals surface area contributed by atoms with Gasteiger partial charge in [0.05, 0.1) is 12.0 Å². The average Bonchev–Trinajstić information content (AvgIpc) is 3.08. The van der Waals surface area contributed by atoms with Crippen molar-refractivity contribution in [3.05, 3.63) is 38.7 Å². The summed E-state index contributed by atoms with van der Waals surface area (Å²) < 4.78 is 12.2. The predicted octanol–water partition coefficient (Wildman–Crippen LogP) is 4.50. The van der Waals surface area contributed by atoms with Crippen molar-refractivity contribution in [2.75, 3.05) is 0 Å². The molecule has 0 N–H and O–H groups in total. The van der Waals surface area contributed by atoms with Crippen LogP contribution in [0.5, 0.6) is 5.75 Å². The quantitative estimate of drug-likeness (QED) is 0.655. The Morgan fingerprint density at radius 2 is 1.96 bits per heavy atom. The van der Waals surface area contributed by atoms with Gasteiger partial charge in [0.15, 0.2) is 5.78 Å². The summed E-state index contributed by atoms with van der Waals surface area (Å²) in [5.41, 5.74) is 3.33.